The maximum atomic E-state index is 10.6. The molecule has 1 aromatic rings. The molecule has 33 heavy (non-hydrogen) atoms. The minimum Gasteiger partial charge on any atom is -0.368 e. The number of fused-ring (bicyclic) bond motifs is 7. The van der Waals surface area contributed by atoms with Gasteiger partial charge in [0.2, 0.25) is 0 Å². The molecule has 166 valence electrons. The second-order valence-electron chi connectivity index (χ2n) is 10.1. The number of ether oxygens (including phenoxy) is 3. The number of nitriles is 4. The number of nitrogens with zero attached hydrogens (tertiary/aromatic N) is 4. The van der Waals surface area contributed by atoms with Crippen molar-refractivity contribution in [2.24, 2.45) is 22.2 Å². The summed E-state index contributed by atoms with van der Waals surface area (Å²) < 4.78 is 18.8. The summed E-state index contributed by atoms with van der Waals surface area (Å²) in [6.45, 7) is 7.43. The molecule has 0 amide bonds. The average Bonchev–Trinajstić information content (AvgIpc) is 3.29. The van der Waals surface area contributed by atoms with Gasteiger partial charge >= 0.3 is 0 Å². The number of benzene rings is 1. The molecule has 0 unspecified atom stereocenters. The van der Waals surface area contributed by atoms with E-state index in [9.17, 15) is 21.0 Å². The van der Waals surface area contributed by atoms with Crippen LogP contribution >= 0.6 is 0 Å². The SMILES string of the molecule is C[C@@H]1C2=C[C@@H](c3ccccc3)C(C#N)(C#N)C(C#N)(C#N)[C@@]2(C)[C@H]2O[C@@H]1[C@@H]1OC(C)(C)O[C@@H]12. The largest absolute Gasteiger partial charge is 0.368 e. The molecular weight excluding hydrogens is 416 g/mol. The number of rotatable bonds is 1. The van der Waals surface area contributed by atoms with Crippen LogP contribution in [0.4, 0.5) is 0 Å². The molecule has 5 rings (SSSR count). The van der Waals surface area contributed by atoms with Crippen LogP contribution in [0.1, 0.15) is 39.2 Å². The molecule has 7 atom stereocenters. The third-order valence-electron chi connectivity index (χ3n) is 8.27. The first-order valence-corrected chi connectivity index (χ1v) is 11.1. The first kappa shape index (κ1) is 21.6. The first-order valence-electron chi connectivity index (χ1n) is 11.1. The Kier molecular flexibility index (Phi) is 4.37. The molecule has 7 heteroatoms. The van der Waals surface area contributed by atoms with Gasteiger partial charge in [-0.1, -0.05) is 55.8 Å². The Labute approximate surface area is 193 Å². The van der Waals surface area contributed by atoms with Gasteiger partial charge in [0.1, 0.15) is 12.2 Å². The summed E-state index contributed by atoms with van der Waals surface area (Å²) in [5.41, 5.74) is -3.67. The predicted molar refractivity (Wildman–Crippen MR) is 114 cm³/mol. The summed E-state index contributed by atoms with van der Waals surface area (Å²) in [4.78, 5) is 0. The Hall–Kier alpha value is -3.20. The van der Waals surface area contributed by atoms with Gasteiger partial charge in [-0.25, -0.2) is 0 Å². The van der Waals surface area contributed by atoms with Crippen molar-refractivity contribution in [1.82, 2.24) is 0 Å². The van der Waals surface area contributed by atoms with E-state index in [0.717, 1.165) is 5.57 Å². The summed E-state index contributed by atoms with van der Waals surface area (Å²) in [5, 5.41) is 42.2. The lowest BCUT2D eigenvalue weighted by atomic mass is 9.41. The monoisotopic (exact) mass is 440 g/mol. The molecule has 7 nitrogen and oxygen atoms in total. The number of allylic oxidation sites excluding steroid dienone is 1. The van der Waals surface area contributed by atoms with Gasteiger partial charge in [0.25, 0.3) is 0 Å². The molecule has 3 fully saturated rings. The standard InChI is InChI=1S/C26H24N4O3/c1-15-17-10-18(16-8-6-5-7-9-16)25(11-27,12-28)26(13-29,14-30)24(17,4)22-21-20(19(15)31-22)32-23(2,3)33-21/h5-10,15,18-22H,1-4H3/t15-,18+,19+,20+,21+,22+,24-/m1/s1. The highest BCUT2D eigenvalue weighted by atomic mass is 16.8. The molecule has 3 heterocycles. The second kappa shape index (κ2) is 6.66. The zero-order chi connectivity index (χ0) is 23.8. The van der Waals surface area contributed by atoms with Crippen LogP contribution in [0, 0.1) is 67.5 Å². The molecule has 0 radical (unpaired) electrons. The molecule has 2 bridgehead atoms. The molecule has 1 aliphatic carbocycles. The molecule has 4 aliphatic rings. The zero-order valence-electron chi connectivity index (χ0n) is 18.9. The van der Waals surface area contributed by atoms with Crippen LogP contribution in [0.3, 0.4) is 0 Å². The molecule has 0 N–H and O–H groups in total. The topological polar surface area (TPSA) is 123 Å². The fourth-order valence-corrected chi connectivity index (χ4v) is 6.78. The molecule has 1 aromatic carbocycles. The van der Waals surface area contributed by atoms with Crippen LogP contribution in [0.2, 0.25) is 0 Å². The Morgan fingerprint density at radius 1 is 0.818 bits per heavy atom. The smallest absolute Gasteiger partial charge is 0.187 e. The summed E-state index contributed by atoms with van der Waals surface area (Å²) in [6.07, 6.45) is 0.0201. The molecular formula is C26H24N4O3. The summed E-state index contributed by atoms with van der Waals surface area (Å²) >= 11 is 0. The molecule has 0 spiro atoms. The highest BCUT2D eigenvalue weighted by molar-refractivity contribution is 5.55. The average molecular weight is 441 g/mol. The fourth-order valence-electron chi connectivity index (χ4n) is 6.78. The van der Waals surface area contributed by atoms with Gasteiger partial charge in [-0.15, -0.1) is 0 Å². The van der Waals surface area contributed by atoms with Gasteiger partial charge in [0, 0.05) is 11.8 Å². The van der Waals surface area contributed by atoms with Gasteiger partial charge in [0.05, 0.1) is 41.9 Å². The van der Waals surface area contributed by atoms with E-state index in [1.54, 1.807) is 6.92 Å². The number of hydrogen-bond donors (Lipinski definition) is 0. The van der Waals surface area contributed by atoms with E-state index in [-0.39, 0.29) is 18.1 Å². The molecule has 0 aromatic heterocycles. The van der Waals surface area contributed by atoms with Crippen LogP contribution < -0.4 is 0 Å². The third kappa shape index (κ3) is 2.30. The van der Waals surface area contributed by atoms with Crippen LogP contribution in [0.5, 0.6) is 0 Å². The van der Waals surface area contributed by atoms with Gasteiger partial charge in [-0.05, 0) is 19.4 Å². The van der Waals surface area contributed by atoms with E-state index in [1.165, 1.54) is 0 Å². The Balaban J connectivity index is 1.83. The van der Waals surface area contributed by atoms with Crippen LogP contribution in [-0.2, 0) is 14.2 Å². The van der Waals surface area contributed by atoms with Crippen molar-refractivity contribution in [3.63, 3.8) is 0 Å². The fraction of sp³-hybridized carbons (Fsp3) is 0.538. The normalized spacial score (nSPS) is 40.7. The lowest BCUT2D eigenvalue weighted by molar-refractivity contribution is -0.222. The van der Waals surface area contributed by atoms with Gasteiger partial charge < -0.3 is 14.2 Å². The third-order valence-corrected chi connectivity index (χ3v) is 8.27. The van der Waals surface area contributed by atoms with Crippen molar-refractivity contribution >= 4 is 0 Å². The zero-order valence-corrected chi connectivity index (χ0v) is 18.9. The van der Waals surface area contributed by atoms with E-state index >= 15 is 0 Å². The summed E-state index contributed by atoms with van der Waals surface area (Å²) in [5.74, 6) is -1.80. The van der Waals surface area contributed by atoms with E-state index in [1.807, 2.05) is 57.2 Å². The van der Waals surface area contributed by atoms with E-state index < -0.39 is 40.2 Å². The van der Waals surface area contributed by atoms with Crippen molar-refractivity contribution in [2.45, 2.75) is 63.8 Å². The summed E-state index contributed by atoms with van der Waals surface area (Å²) in [7, 11) is 0. The predicted octanol–water partition coefficient (Wildman–Crippen LogP) is 3.72. The van der Waals surface area contributed by atoms with Gasteiger partial charge in [-0.3, -0.25) is 0 Å². The first-order chi connectivity index (χ1) is 15.7. The van der Waals surface area contributed by atoms with Gasteiger partial charge in [-0.2, -0.15) is 21.0 Å². The summed E-state index contributed by atoms with van der Waals surface area (Å²) in [6, 6.07) is 17.8. The van der Waals surface area contributed by atoms with Crippen molar-refractivity contribution in [2.75, 3.05) is 0 Å². The molecule has 3 saturated heterocycles. The molecule has 3 aliphatic heterocycles. The number of hydrogen-bond acceptors (Lipinski definition) is 7. The highest BCUT2D eigenvalue weighted by Gasteiger charge is 2.79. The Bertz CT molecular complexity index is 1180. The van der Waals surface area contributed by atoms with Crippen molar-refractivity contribution in [3.8, 4) is 24.3 Å². The minimum atomic E-state index is -2.01. The van der Waals surface area contributed by atoms with E-state index in [4.69, 9.17) is 14.2 Å². The maximum Gasteiger partial charge on any atom is 0.187 e. The van der Waals surface area contributed by atoms with Crippen molar-refractivity contribution < 1.29 is 14.2 Å². The Morgan fingerprint density at radius 2 is 1.42 bits per heavy atom. The lowest BCUT2D eigenvalue weighted by Gasteiger charge is -2.58. The Morgan fingerprint density at radius 3 is 2.00 bits per heavy atom. The quantitative estimate of drug-likeness (QED) is 0.610. The second-order valence-corrected chi connectivity index (χ2v) is 10.1. The maximum absolute atomic E-state index is 10.6. The van der Waals surface area contributed by atoms with E-state index in [2.05, 4.69) is 24.3 Å². The highest BCUT2D eigenvalue weighted by Crippen LogP contribution is 2.71. The van der Waals surface area contributed by atoms with Crippen LogP contribution in [0.15, 0.2) is 42.0 Å². The van der Waals surface area contributed by atoms with Crippen molar-refractivity contribution in [1.29, 1.82) is 21.0 Å². The van der Waals surface area contributed by atoms with Crippen LogP contribution in [-0.4, -0.2) is 30.2 Å². The van der Waals surface area contributed by atoms with Crippen molar-refractivity contribution in [3.05, 3.63) is 47.5 Å². The van der Waals surface area contributed by atoms with Crippen LogP contribution in [0.25, 0.3) is 0 Å². The molecule has 0 saturated carbocycles. The lowest BCUT2D eigenvalue weighted by Crippen LogP contribution is -2.64. The minimum absolute atomic E-state index is 0.207. The van der Waals surface area contributed by atoms with Gasteiger partial charge in [0.15, 0.2) is 16.6 Å². The van der Waals surface area contributed by atoms with E-state index in [0.29, 0.717) is 5.56 Å².